The van der Waals surface area contributed by atoms with E-state index in [0.717, 1.165) is 6.42 Å². The maximum absolute atomic E-state index is 5.93. The van der Waals surface area contributed by atoms with E-state index in [1.165, 1.54) is 0 Å². The highest BCUT2D eigenvalue weighted by molar-refractivity contribution is 9.25. The first-order valence-corrected chi connectivity index (χ1v) is 6.84. The minimum atomic E-state index is -0.568. The molecule has 6 heteroatoms. The van der Waals surface area contributed by atoms with Gasteiger partial charge < -0.3 is 18.9 Å². The second kappa shape index (κ2) is 3.22. The number of methoxy groups -OCH3 is 1. The molecule has 3 rings (SSSR count). The Bertz CT molecular complexity index is 333. The van der Waals surface area contributed by atoms with Gasteiger partial charge in [0, 0.05) is 13.5 Å². The van der Waals surface area contributed by atoms with Gasteiger partial charge in [0.25, 0.3) is 0 Å². The van der Waals surface area contributed by atoms with E-state index < -0.39 is 5.79 Å². The molecule has 0 N–H and O–H groups in total. The summed E-state index contributed by atoms with van der Waals surface area (Å²) in [6, 6.07) is 0. The van der Waals surface area contributed by atoms with Crippen molar-refractivity contribution >= 4 is 31.9 Å². The summed E-state index contributed by atoms with van der Waals surface area (Å²) in [6.07, 6.45) is 0.243. The Morgan fingerprint density at radius 1 is 1.19 bits per heavy atom. The van der Waals surface area contributed by atoms with Crippen LogP contribution in [-0.4, -0.2) is 40.2 Å². The van der Waals surface area contributed by atoms with E-state index in [4.69, 9.17) is 18.9 Å². The van der Waals surface area contributed by atoms with Gasteiger partial charge in [0.15, 0.2) is 12.1 Å². The van der Waals surface area contributed by atoms with Crippen LogP contribution in [0.4, 0.5) is 0 Å². The first-order valence-electron chi connectivity index (χ1n) is 5.25. The maximum Gasteiger partial charge on any atom is 0.187 e. The van der Waals surface area contributed by atoms with Crippen molar-refractivity contribution in [2.45, 2.75) is 53.4 Å². The fourth-order valence-electron chi connectivity index (χ4n) is 2.59. The Kier molecular flexibility index (Phi) is 2.39. The van der Waals surface area contributed by atoms with E-state index in [2.05, 4.69) is 31.9 Å². The van der Waals surface area contributed by atoms with Crippen LogP contribution in [0.25, 0.3) is 0 Å². The lowest BCUT2D eigenvalue weighted by Crippen LogP contribution is -2.35. The molecule has 2 heterocycles. The fraction of sp³-hybridized carbons (Fsp3) is 1.00. The van der Waals surface area contributed by atoms with Gasteiger partial charge in [0.2, 0.25) is 0 Å². The van der Waals surface area contributed by atoms with Gasteiger partial charge in [-0.05, 0) is 13.8 Å². The Labute approximate surface area is 111 Å². The molecule has 1 aliphatic carbocycles. The van der Waals surface area contributed by atoms with Gasteiger partial charge in [0.05, 0.1) is 0 Å². The normalized spacial score (nSPS) is 51.9. The lowest BCUT2D eigenvalue weighted by Gasteiger charge is -2.24. The van der Waals surface area contributed by atoms with Crippen LogP contribution in [-0.2, 0) is 18.9 Å². The molecule has 16 heavy (non-hydrogen) atoms. The highest BCUT2D eigenvalue weighted by atomic mass is 79.9. The number of fused-ring (bicyclic) bond motifs is 2. The summed E-state index contributed by atoms with van der Waals surface area (Å²) in [4.78, 5) is 0. The van der Waals surface area contributed by atoms with E-state index in [1.807, 2.05) is 13.8 Å². The lowest BCUT2D eigenvalue weighted by atomic mass is 10.1. The highest BCUT2D eigenvalue weighted by Crippen LogP contribution is 2.69. The molecule has 1 saturated carbocycles. The molecule has 4 nitrogen and oxygen atoms in total. The van der Waals surface area contributed by atoms with Gasteiger partial charge in [-0.15, -0.1) is 0 Å². The first kappa shape index (κ1) is 11.9. The zero-order valence-electron chi connectivity index (χ0n) is 9.33. The number of ether oxygens (including phenoxy) is 4. The topological polar surface area (TPSA) is 36.9 Å². The van der Waals surface area contributed by atoms with Crippen molar-refractivity contribution in [1.82, 2.24) is 0 Å². The Morgan fingerprint density at radius 3 is 2.31 bits per heavy atom. The van der Waals surface area contributed by atoms with Crippen molar-refractivity contribution in [3.05, 3.63) is 0 Å². The summed E-state index contributed by atoms with van der Waals surface area (Å²) in [5.41, 5.74) is -0.369. The number of hydrogen-bond acceptors (Lipinski definition) is 4. The Balaban J connectivity index is 1.91. The molecule has 2 aliphatic heterocycles. The van der Waals surface area contributed by atoms with Crippen LogP contribution in [0, 0.1) is 0 Å². The SMILES string of the molecule is CO[C@@H]1O[C@@]2(CC2(Br)Br)C2OC(C)(C)O[C@@H]21. The predicted molar refractivity (Wildman–Crippen MR) is 63.6 cm³/mol. The monoisotopic (exact) mass is 356 g/mol. The molecule has 0 bridgehead atoms. The van der Waals surface area contributed by atoms with Crippen LogP contribution in [0.5, 0.6) is 0 Å². The predicted octanol–water partition coefficient (Wildman–Crippen LogP) is 2.14. The van der Waals surface area contributed by atoms with Gasteiger partial charge in [0.1, 0.15) is 21.0 Å². The minimum Gasteiger partial charge on any atom is -0.353 e. The Morgan fingerprint density at radius 2 is 1.81 bits per heavy atom. The third kappa shape index (κ3) is 1.40. The van der Waals surface area contributed by atoms with E-state index in [-0.39, 0.29) is 27.3 Å². The lowest BCUT2D eigenvalue weighted by molar-refractivity contribution is -0.232. The summed E-state index contributed by atoms with van der Waals surface area (Å²) in [6.45, 7) is 3.83. The molecular formula is C10H14Br2O4. The van der Waals surface area contributed by atoms with E-state index in [1.54, 1.807) is 7.11 Å². The molecular weight excluding hydrogens is 344 g/mol. The summed E-state index contributed by atoms with van der Waals surface area (Å²) in [5.74, 6) is -0.568. The van der Waals surface area contributed by atoms with Crippen molar-refractivity contribution in [1.29, 1.82) is 0 Å². The van der Waals surface area contributed by atoms with E-state index in [9.17, 15) is 0 Å². The quantitative estimate of drug-likeness (QED) is 0.674. The number of alkyl halides is 2. The molecule has 0 amide bonds. The zero-order chi connectivity index (χ0) is 11.8. The molecule has 1 unspecified atom stereocenters. The third-order valence-electron chi connectivity index (χ3n) is 3.39. The average Bonchev–Trinajstić information content (AvgIpc) is 2.45. The molecule has 92 valence electrons. The minimum absolute atomic E-state index is 0.0915. The molecule has 0 aromatic rings. The van der Waals surface area contributed by atoms with E-state index in [0.29, 0.717) is 0 Å². The molecule has 1 spiro atoms. The summed E-state index contributed by atoms with van der Waals surface area (Å²) < 4.78 is 22.8. The zero-order valence-corrected chi connectivity index (χ0v) is 12.5. The van der Waals surface area contributed by atoms with Crippen molar-refractivity contribution in [2.24, 2.45) is 0 Å². The fourth-order valence-corrected chi connectivity index (χ4v) is 4.07. The van der Waals surface area contributed by atoms with Crippen molar-refractivity contribution < 1.29 is 18.9 Å². The van der Waals surface area contributed by atoms with Crippen LogP contribution in [0.15, 0.2) is 0 Å². The van der Waals surface area contributed by atoms with Crippen molar-refractivity contribution in [3.63, 3.8) is 0 Å². The second-order valence-corrected chi connectivity index (χ2v) is 8.79. The molecule has 0 aromatic heterocycles. The highest BCUT2D eigenvalue weighted by Gasteiger charge is 2.80. The summed E-state index contributed by atoms with van der Waals surface area (Å²) in [7, 11) is 1.63. The maximum atomic E-state index is 5.93. The van der Waals surface area contributed by atoms with Gasteiger partial charge in [-0.2, -0.15) is 0 Å². The third-order valence-corrected chi connectivity index (χ3v) is 5.30. The number of rotatable bonds is 1. The second-order valence-electron chi connectivity index (χ2n) is 5.01. The van der Waals surface area contributed by atoms with Crippen molar-refractivity contribution in [3.8, 4) is 0 Å². The molecule has 0 aromatic carbocycles. The summed E-state index contributed by atoms with van der Waals surface area (Å²) in [5, 5.41) is 0. The van der Waals surface area contributed by atoms with Gasteiger partial charge in [-0.25, -0.2) is 0 Å². The van der Waals surface area contributed by atoms with E-state index >= 15 is 0 Å². The number of halogens is 2. The molecule has 2 saturated heterocycles. The first-order chi connectivity index (χ1) is 7.31. The van der Waals surface area contributed by atoms with Gasteiger partial charge in [-0.3, -0.25) is 0 Å². The summed E-state index contributed by atoms with van der Waals surface area (Å²) >= 11 is 7.20. The smallest absolute Gasteiger partial charge is 0.187 e. The number of hydrogen-bond donors (Lipinski definition) is 0. The van der Waals surface area contributed by atoms with Crippen LogP contribution in [0.1, 0.15) is 20.3 Å². The molecule has 3 aliphatic rings. The largest absolute Gasteiger partial charge is 0.353 e. The Hall–Kier alpha value is 0.800. The average molecular weight is 358 g/mol. The molecule has 0 radical (unpaired) electrons. The van der Waals surface area contributed by atoms with Gasteiger partial charge >= 0.3 is 0 Å². The molecule has 3 fully saturated rings. The van der Waals surface area contributed by atoms with Crippen LogP contribution >= 0.6 is 31.9 Å². The molecule has 4 atom stereocenters. The van der Waals surface area contributed by atoms with Crippen molar-refractivity contribution in [2.75, 3.05) is 7.11 Å². The van der Waals surface area contributed by atoms with Gasteiger partial charge in [-0.1, -0.05) is 31.9 Å². The van der Waals surface area contributed by atoms with Crippen LogP contribution in [0.3, 0.4) is 0 Å². The van der Waals surface area contributed by atoms with Crippen LogP contribution in [0.2, 0.25) is 0 Å². The standard InChI is InChI=1S/C10H14Br2O4/c1-8(2)14-5-6(15-8)9(4-10(9,11)12)16-7(5)13-3/h5-7H,4H2,1-3H3/t5-,6?,7+,9-/m0/s1. The van der Waals surface area contributed by atoms with Crippen LogP contribution < -0.4 is 0 Å².